The molecule has 7 heteroatoms. The molecule has 7 nitrogen and oxygen atoms in total. The lowest BCUT2D eigenvalue weighted by Crippen LogP contribution is -2.39. The Morgan fingerprint density at radius 3 is 2.71 bits per heavy atom. The van der Waals surface area contributed by atoms with Gasteiger partial charge in [0.1, 0.15) is 12.4 Å². The van der Waals surface area contributed by atoms with Crippen LogP contribution in [0.15, 0.2) is 29.3 Å². The predicted molar refractivity (Wildman–Crippen MR) is 94.7 cm³/mol. The van der Waals surface area contributed by atoms with Gasteiger partial charge in [0.25, 0.3) is 0 Å². The van der Waals surface area contributed by atoms with Crippen molar-refractivity contribution in [3.63, 3.8) is 0 Å². The Labute approximate surface area is 142 Å². The number of nitrogens with one attached hydrogen (secondary N) is 2. The second-order valence-electron chi connectivity index (χ2n) is 5.73. The Bertz CT molecular complexity index is 694. The van der Waals surface area contributed by atoms with E-state index >= 15 is 0 Å². The van der Waals surface area contributed by atoms with Crippen molar-refractivity contribution >= 4 is 5.96 Å². The van der Waals surface area contributed by atoms with Gasteiger partial charge in [-0.2, -0.15) is 0 Å². The maximum atomic E-state index is 10.3. The van der Waals surface area contributed by atoms with Crippen LogP contribution < -0.4 is 10.6 Å². The van der Waals surface area contributed by atoms with Gasteiger partial charge >= 0.3 is 0 Å². The largest absolute Gasteiger partial charge is 0.387 e. The van der Waals surface area contributed by atoms with E-state index < -0.39 is 6.10 Å². The summed E-state index contributed by atoms with van der Waals surface area (Å²) in [4.78, 5) is 4.50. The second-order valence-corrected chi connectivity index (χ2v) is 5.73. The summed E-state index contributed by atoms with van der Waals surface area (Å²) < 4.78 is 1.91. The van der Waals surface area contributed by atoms with Gasteiger partial charge in [0, 0.05) is 20.1 Å². The normalized spacial score (nSPS) is 13.0. The summed E-state index contributed by atoms with van der Waals surface area (Å²) in [7, 11) is 1.92. The van der Waals surface area contributed by atoms with Crippen molar-refractivity contribution < 1.29 is 5.11 Å². The summed E-state index contributed by atoms with van der Waals surface area (Å²) in [5.41, 5.74) is 2.02. The molecule has 0 aliphatic heterocycles. The van der Waals surface area contributed by atoms with Crippen LogP contribution in [0.25, 0.3) is 0 Å². The molecular formula is C17H26N6O. The summed E-state index contributed by atoms with van der Waals surface area (Å²) in [6, 6.07) is 7.87. The Morgan fingerprint density at radius 2 is 2.08 bits per heavy atom. The number of guanidine groups is 1. The maximum absolute atomic E-state index is 10.3. The van der Waals surface area contributed by atoms with E-state index in [2.05, 4.69) is 25.8 Å². The third-order valence-corrected chi connectivity index (χ3v) is 3.80. The molecule has 2 rings (SSSR count). The van der Waals surface area contributed by atoms with Crippen LogP contribution in [-0.2, 0) is 13.6 Å². The summed E-state index contributed by atoms with van der Waals surface area (Å²) in [6.07, 6.45) is -0.592. The number of hydrogen-bond acceptors (Lipinski definition) is 4. The van der Waals surface area contributed by atoms with Crippen LogP contribution in [0.3, 0.4) is 0 Å². The molecule has 0 saturated carbocycles. The van der Waals surface area contributed by atoms with Crippen molar-refractivity contribution in [3.8, 4) is 0 Å². The first-order valence-corrected chi connectivity index (χ1v) is 8.13. The van der Waals surface area contributed by atoms with E-state index in [1.165, 1.54) is 0 Å². The van der Waals surface area contributed by atoms with Crippen LogP contribution in [0.1, 0.15) is 35.8 Å². The fourth-order valence-electron chi connectivity index (χ4n) is 2.27. The summed E-state index contributed by atoms with van der Waals surface area (Å²) >= 11 is 0. The highest BCUT2D eigenvalue weighted by Gasteiger charge is 2.09. The molecule has 0 amide bonds. The topological polar surface area (TPSA) is 87.4 Å². The maximum Gasteiger partial charge on any atom is 0.191 e. The van der Waals surface area contributed by atoms with Crippen LogP contribution in [0.4, 0.5) is 0 Å². The van der Waals surface area contributed by atoms with E-state index in [0.29, 0.717) is 19.0 Å². The monoisotopic (exact) mass is 330 g/mol. The minimum Gasteiger partial charge on any atom is -0.387 e. The van der Waals surface area contributed by atoms with Crippen LogP contribution in [0.5, 0.6) is 0 Å². The van der Waals surface area contributed by atoms with Crippen molar-refractivity contribution in [2.45, 2.75) is 33.4 Å². The fraction of sp³-hybridized carbons (Fsp3) is 0.471. The third kappa shape index (κ3) is 4.79. The third-order valence-electron chi connectivity index (χ3n) is 3.80. The van der Waals surface area contributed by atoms with Gasteiger partial charge in [-0.05, 0) is 26.3 Å². The van der Waals surface area contributed by atoms with Crippen LogP contribution >= 0.6 is 0 Å². The van der Waals surface area contributed by atoms with E-state index in [1.54, 1.807) is 0 Å². The molecule has 0 aliphatic carbocycles. The molecule has 1 heterocycles. The molecule has 0 aliphatic rings. The SMILES string of the molecule is CCNC(=NCc1nnc(C)n1C)NCC(O)c1cccc(C)c1. The van der Waals surface area contributed by atoms with Gasteiger partial charge in [-0.3, -0.25) is 0 Å². The highest BCUT2D eigenvalue weighted by atomic mass is 16.3. The smallest absolute Gasteiger partial charge is 0.191 e. The van der Waals surface area contributed by atoms with Crippen LogP contribution in [0, 0.1) is 13.8 Å². The van der Waals surface area contributed by atoms with E-state index in [0.717, 1.165) is 29.3 Å². The molecule has 3 N–H and O–H groups in total. The number of aromatic nitrogens is 3. The van der Waals surface area contributed by atoms with Gasteiger partial charge < -0.3 is 20.3 Å². The molecule has 1 atom stereocenters. The number of nitrogens with zero attached hydrogens (tertiary/aromatic N) is 4. The number of benzene rings is 1. The first-order chi connectivity index (χ1) is 11.5. The molecule has 1 aromatic heterocycles. The quantitative estimate of drug-likeness (QED) is 0.548. The van der Waals surface area contributed by atoms with Gasteiger partial charge in [-0.25, -0.2) is 4.99 Å². The number of aryl methyl sites for hydroxylation is 2. The minimum absolute atomic E-state index is 0.382. The zero-order valence-electron chi connectivity index (χ0n) is 14.7. The standard InChI is InChI=1S/C17H26N6O/c1-5-18-17(20-11-16-22-21-13(3)23(16)4)19-10-15(24)14-8-6-7-12(2)9-14/h6-9,15,24H,5,10-11H2,1-4H3,(H2,18,19,20). The number of rotatable bonds is 6. The predicted octanol–water partition coefficient (Wildman–Crippen LogP) is 1.22. The summed E-state index contributed by atoms with van der Waals surface area (Å²) in [5.74, 6) is 2.29. The highest BCUT2D eigenvalue weighted by Crippen LogP contribution is 2.13. The zero-order chi connectivity index (χ0) is 17.5. The Kier molecular flexibility index (Phi) is 6.31. The number of hydrogen-bond donors (Lipinski definition) is 3. The summed E-state index contributed by atoms with van der Waals surface area (Å²) in [5, 5.41) is 24.8. The summed E-state index contributed by atoms with van der Waals surface area (Å²) in [6.45, 7) is 7.46. The van der Waals surface area contributed by atoms with E-state index in [1.807, 2.05) is 56.7 Å². The van der Waals surface area contributed by atoms with Gasteiger partial charge in [-0.1, -0.05) is 29.8 Å². The van der Waals surface area contributed by atoms with Crippen molar-refractivity contribution in [2.24, 2.45) is 12.0 Å². The Hall–Kier alpha value is -2.41. The molecule has 0 fully saturated rings. The van der Waals surface area contributed by atoms with E-state index in [-0.39, 0.29) is 0 Å². The highest BCUT2D eigenvalue weighted by molar-refractivity contribution is 5.79. The number of aliphatic imine (C=N–C) groups is 1. The molecule has 0 saturated heterocycles. The van der Waals surface area contributed by atoms with Gasteiger partial charge in [0.05, 0.1) is 6.10 Å². The first-order valence-electron chi connectivity index (χ1n) is 8.13. The molecule has 0 bridgehead atoms. The number of aliphatic hydroxyl groups excluding tert-OH is 1. The van der Waals surface area contributed by atoms with E-state index in [4.69, 9.17) is 0 Å². The lowest BCUT2D eigenvalue weighted by Gasteiger charge is -2.16. The first kappa shape index (κ1) is 17.9. The van der Waals surface area contributed by atoms with Crippen LogP contribution in [0.2, 0.25) is 0 Å². The lowest BCUT2D eigenvalue weighted by molar-refractivity contribution is 0.181. The Balaban J connectivity index is 1.97. The molecule has 130 valence electrons. The van der Waals surface area contributed by atoms with E-state index in [9.17, 15) is 5.11 Å². The van der Waals surface area contributed by atoms with Gasteiger partial charge in [0.2, 0.25) is 0 Å². The van der Waals surface area contributed by atoms with Crippen molar-refractivity contribution in [3.05, 3.63) is 47.0 Å². The lowest BCUT2D eigenvalue weighted by atomic mass is 10.1. The fourth-order valence-corrected chi connectivity index (χ4v) is 2.27. The molecule has 24 heavy (non-hydrogen) atoms. The molecule has 2 aromatic rings. The van der Waals surface area contributed by atoms with Crippen molar-refractivity contribution in [1.82, 2.24) is 25.4 Å². The van der Waals surface area contributed by atoms with Crippen molar-refractivity contribution in [1.29, 1.82) is 0 Å². The average Bonchev–Trinajstić information content (AvgIpc) is 2.89. The minimum atomic E-state index is -0.592. The second kappa shape index (κ2) is 8.44. The van der Waals surface area contributed by atoms with Gasteiger partial charge in [-0.15, -0.1) is 10.2 Å². The Morgan fingerprint density at radius 1 is 1.29 bits per heavy atom. The molecule has 1 unspecified atom stereocenters. The zero-order valence-corrected chi connectivity index (χ0v) is 14.7. The van der Waals surface area contributed by atoms with Gasteiger partial charge in [0.15, 0.2) is 11.8 Å². The molecule has 0 radical (unpaired) electrons. The molecular weight excluding hydrogens is 304 g/mol. The number of aliphatic hydroxyl groups is 1. The van der Waals surface area contributed by atoms with Crippen molar-refractivity contribution in [2.75, 3.05) is 13.1 Å². The molecule has 0 spiro atoms. The van der Waals surface area contributed by atoms with Crippen LogP contribution in [-0.4, -0.2) is 38.9 Å². The average molecular weight is 330 g/mol. The molecule has 1 aromatic carbocycles.